The molecule has 0 radical (unpaired) electrons. The number of rotatable bonds is 11. The number of fused-ring (bicyclic) bond motifs is 4. The van der Waals surface area contributed by atoms with Gasteiger partial charge in [-0.15, -0.1) is 0 Å². The van der Waals surface area contributed by atoms with Crippen LogP contribution in [0.3, 0.4) is 0 Å². The molecular weight excluding hydrogens is 536 g/mol. The van der Waals surface area contributed by atoms with E-state index in [0.29, 0.717) is 29.6 Å². The monoisotopic (exact) mass is 572 g/mol. The topological polar surface area (TPSA) is 139 Å². The van der Waals surface area contributed by atoms with Crippen LogP contribution in [-0.2, 0) is 40.1 Å². The molecule has 0 bridgehead atoms. The highest BCUT2D eigenvalue weighted by atomic mass is 16.4. The Hall–Kier alpha value is -4.40. The molecule has 9 heteroatoms. The van der Waals surface area contributed by atoms with Crippen molar-refractivity contribution in [3.05, 3.63) is 80.9 Å². The summed E-state index contributed by atoms with van der Waals surface area (Å²) in [5.41, 5.74) is 3.31. The van der Waals surface area contributed by atoms with E-state index in [-0.39, 0.29) is 18.4 Å². The lowest BCUT2D eigenvalue weighted by atomic mass is 9.94. The molecule has 0 spiro atoms. The van der Waals surface area contributed by atoms with E-state index < -0.39 is 35.5 Å². The van der Waals surface area contributed by atoms with Crippen LogP contribution in [0.5, 0.6) is 0 Å². The van der Waals surface area contributed by atoms with Gasteiger partial charge in [0.1, 0.15) is 29.0 Å². The summed E-state index contributed by atoms with van der Waals surface area (Å²) in [7, 11) is 0. The molecule has 220 valence electrons. The van der Waals surface area contributed by atoms with E-state index in [4.69, 9.17) is 8.83 Å². The number of carbonyl (C=O) groups excluding carboxylic acids is 2. The quantitative estimate of drug-likeness (QED) is 0.220. The van der Waals surface area contributed by atoms with Gasteiger partial charge in [0, 0.05) is 35.2 Å². The summed E-state index contributed by atoms with van der Waals surface area (Å²) in [5, 5.41) is 16.8. The number of hydrogen-bond acceptors (Lipinski definition) is 6. The van der Waals surface area contributed by atoms with Crippen LogP contribution in [-0.4, -0.2) is 35.0 Å². The zero-order valence-corrected chi connectivity index (χ0v) is 24.0. The van der Waals surface area contributed by atoms with Crippen molar-refractivity contribution in [3.8, 4) is 0 Å². The Labute approximate surface area is 243 Å². The van der Waals surface area contributed by atoms with Crippen LogP contribution in [0.15, 0.2) is 56.1 Å². The molecule has 1 aliphatic rings. The summed E-state index contributed by atoms with van der Waals surface area (Å²) in [5.74, 6) is -1.27. The minimum Gasteiger partial charge on any atom is -0.480 e. The smallest absolute Gasteiger partial charge is 0.340 e. The number of carboxylic acid groups (broad SMARTS) is 1. The van der Waals surface area contributed by atoms with Crippen LogP contribution in [0.25, 0.3) is 21.9 Å². The van der Waals surface area contributed by atoms with Crippen molar-refractivity contribution in [1.82, 2.24) is 10.6 Å². The van der Waals surface area contributed by atoms with Gasteiger partial charge in [-0.2, -0.15) is 0 Å². The fourth-order valence-electron chi connectivity index (χ4n) is 5.75. The van der Waals surface area contributed by atoms with Gasteiger partial charge < -0.3 is 24.6 Å². The first-order valence-corrected chi connectivity index (χ1v) is 14.6. The van der Waals surface area contributed by atoms with E-state index in [9.17, 15) is 24.3 Å². The van der Waals surface area contributed by atoms with E-state index in [1.807, 2.05) is 19.1 Å². The van der Waals surface area contributed by atoms with Crippen molar-refractivity contribution < 1.29 is 28.3 Å². The van der Waals surface area contributed by atoms with Crippen LogP contribution in [0.4, 0.5) is 0 Å². The molecule has 0 saturated carbocycles. The first-order chi connectivity index (χ1) is 20.2. The number of amides is 2. The molecule has 0 saturated heterocycles. The third-order valence-corrected chi connectivity index (χ3v) is 8.10. The van der Waals surface area contributed by atoms with Gasteiger partial charge in [-0.3, -0.25) is 9.59 Å². The van der Waals surface area contributed by atoms with Gasteiger partial charge >= 0.3 is 11.6 Å². The van der Waals surface area contributed by atoms with Crippen molar-refractivity contribution >= 4 is 39.7 Å². The summed E-state index contributed by atoms with van der Waals surface area (Å²) in [6.07, 6.45) is 5.62. The second kappa shape index (κ2) is 12.6. The van der Waals surface area contributed by atoms with Crippen molar-refractivity contribution in [1.29, 1.82) is 0 Å². The molecule has 2 amide bonds. The highest BCUT2D eigenvalue weighted by molar-refractivity contribution is 5.97. The fourth-order valence-corrected chi connectivity index (χ4v) is 5.75. The number of carbonyl (C=O) groups is 3. The van der Waals surface area contributed by atoms with Gasteiger partial charge in [0.2, 0.25) is 11.8 Å². The minimum atomic E-state index is -1.16. The average molecular weight is 573 g/mol. The number of carboxylic acids is 1. The SMILES string of the molecule is CCCCC(NC(=O)Cc1c(C)c2cc3c4c(oc3cc2oc1=O)CCCC4)C(=O)NC(Cc1ccccc1)C(=O)O. The summed E-state index contributed by atoms with van der Waals surface area (Å²) in [6.45, 7) is 3.76. The normalized spacial score (nSPS) is 14.3. The van der Waals surface area contributed by atoms with Gasteiger partial charge in [-0.25, -0.2) is 9.59 Å². The van der Waals surface area contributed by atoms with Gasteiger partial charge in [0.25, 0.3) is 0 Å². The lowest BCUT2D eigenvalue weighted by molar-refractivity contribution is -0.142. The largest absolute Gasteiger partial charge is 0.480 e. The molecule has 2 unspecified atom stereocenters. The molecule has 3 N–H and O–H groups in total. The van der Waals surface area contributed by atoms with Gasteiger partial charge in [0.05, 0.1) is 12.0 Å². The lowest BCUT2D eigenvalue weighted by Gasteiger charge is -2.22. The molecule has 42 heavy (non-hydrogen) atoms. The zero-order valence-electron chi connectivity index (χ0n) is 24.0. The summed E-state index contributed by atoms with van der Waals surface area (Å²) in [6, 6.07) is 10.7. The van der Waals surface area contributed by atoms with Gasteiger partial charge in [0.15, 0.2) is 0 Å². The van der Waals surface area contributed by atoms with Crippen molar-refractivity contribution in [2.75, 3.05) is 0 Å². The lowest BCUT2D eigenvalue weighted by Crippen LogP contribution is -2.52. The second-order valence-electron chi connectivity index (χ2n) is 11.1. The van der Waals surface area contributed by atoms with Crippen molar-refractivity contribution in [2.24, 2.45) is 0 Å². The Morgan fingerprint density at radius 1 is 0.952 bits per heavy atom. The van der Waals surface area contributed by atoms with Crippen LogP contribution < -0.4 is 16.3 Å². The summed E-state index contributed by atoms with van der Waals surface area (Å²) < 4.78 is 11.7. The molecule has 0 fully saturated rings. The maximum absolute atomic E-state index is 13.2. The van der Waals surface area contributed by atoms with E-state index in [2.05, 4.69) is 10.6 Å². The molecule has 4 aromatic rings. The Morgan fingerprint density at radius 2 is 1.69 bits per heavy atom. The number of aryl methyl sites for hydroxylation is 3. The number of unbranched alkanes of at least 4 members (excludes halogenated alkanes) is 1. The second-order valence-corrected chi connectivity index (χ2v) is 11.1. The maximum Gasteiger partial charge on any atom is 0.340 e. The van der Waals surface area contributed by atoms with Crippen LogP contribution in [0.1, 0.15) is 67.0 Å². The van der Waals surface area contributed by atoms with E-state index in [1.54, 1.807) is 37.3 Å². The van der Waals surface area contributed by atoms with Crippen molar-refractivity contribution in [2.45, 2.75) is 83.7 Å². The van der Waals surface area contributed by atoms with Gasteiger partial charge in [-0.1, -0.05) is 50.1 Å². The standard InChI is InChI=1S/C33H36N2O7/c1-3-4-13-25(31(37)35-26(32(38)39)15-20-10-6-5-7-11-20)34-30(36)17-23-19(2)22-16-24-21-12-8-9-14-27(21)41-29(24)18-28(22)42-33(23)40/h5-7,10-11,16,18,25-26H,3-4,8-9,12-15,17H2,1-2H3,(H,34,36)(H,35,37)(H,38,39). The van der Waals surface area contributed by atoms with Crippen LogP contribution in [0, 0.1) is 6.92 Å². The van der Waals surface area contributed by atoms with Crippen LogP contribution >= 0.6 is 0 Å². The first-order valence-electron chi connectivity index (χ1n) is 14.6. The highest BCUT2D eigenvalue weighted by Crippen LogP contribution is 2.35. The molecule has 1 aliphatic carbocycles. The molecule has 9 nitrogen and oxygen atoms in total. The predicted molar refractivity (Wildman–Crippen MR) is 159 cm³/mol. The molecule has 5 rings (SSSR count). The molecular formula is C33H36N2O7. The Morgan fingerprint density at radius 3 is 2.43 bits per heavy atom. The molecule has 2 atom stereocenters. The highest BCUT2D eigenvalue weighted by Gasteiger charge is 2.27. The van der Waals surface area contributed by atoms with E-state index in [1.165, 1.54) is 5.56 Å². The van der Waals surface area contributed by atoms with Crippen LogP contribution in [0.2, 0.25) is 0 Å². The number of hydrogen-bond donors (Lipinski definition) is 3. The number of furan rings is 1. The third kappa shape index (κ3) is 6.25. The van der Waals surface area contributed by atoms with E-state index in [0.717, 1.165) is 54.2 Å². The summed E-state index contributed by atoms with van der Waals surface area (Å²) >= 11 is 0. The molecule has 2 heterocycles. The minimum absolute atomic E-state index is 0.112. The molecule has 2 aromatic carbocycles. The Kier molecular flexibility index (Phi) is 8.75. The van der Waals surface area contributed by atoms with Crippen molar-refractivity contribution in [3.63, 3.8) is 0 Å². The predicted octanol–water partition coefficient (Wildman–Crippen LogP) is 4.76. The summed E-state index contributed by atoms with van der Waals surface area (Å²) in [4.78, 5) is 51.3. The Bertz CT molecular complexity index is 1690. The van der Waals surface area contributed by atoms with Gasteiger partial charge in [-0.05, 0) is 49.8 Å². The third-order valence-electron chi connectivity index (χ3n) is 8.10. The first kappa shape index (κ1) is 29.1. The zero-order chi connectivity index (χ0) is 29.8. The molecule has 2 aromatic heterocycles. The fraction of sp³-hybridized carbons (Fsp3) is 0.394. The Balaban J connectivity index is 1.35. The molecule has 0 aliphatic heterocycles. The maximum atomic E-state index is 13.2. The number of benzene rings is 2. The number of aliphatic carboxylic acids is 1. The number of nitrogens with one attached hydrogen (secondary N) is 2. The average Bonchev–Trinajstić information content (AvgIpc) is 3.34. The van der Waals surface area contributed by atoms with E-state index >= 15 is 0 Å².